The summed E-state index contributed by atoms with van der Waals surface area (Å²) in [6.07, 6.45) is 0. The summed E-state index contributed by atoms with van der Waals surface area (Å²) in [6.45, 7) is 4.65. The van der Waals surface area contributed by atoms with Crippen LogP contribution in [0.4, 0.5) is 0 Å². The Morgan fingerprint density at radius 1 is 1.20 bits per heavy atom. The smallest absolute Gasteiger partial charge is 0.355 e. The molecular weight excluding hydrogens is 388 g/mol. The lowest BCUT2D eigenvalue weighted by molar-refractivity contribution is 0.0450. The van der Waals surface area contributed by atoms with E-state index < -0.39 is 11.9 Å². The Hall–Kier alpha value is -3.93. The van der Waals surface area contributed by atoms with Crippen molar-refractivity contribution in [1.29, 1.82) is 5.26 Å². The molecule has 0 bridgehead atoms. The molecule has 0 amide bonds. The van der Waals surface area contributed by atoms with Gasteiger partial charge in [0.2, 0.25) is 0 Å². The molecule has 2 heterocycles. The molecule has 0 aliphatic heterocycles. The van der Waals surface area contributed by atoms with Gasteiger partial charge in [-0.05, 0) is 38.5 Å². The molecule has 0 unspecified atom stereocenters. The van der Waals surface area contributed by atoms with Gasteiger partial charge in [-0.2, -0.15) is 5.26 Å². The lowest BCUT2D eigenvalue weighted by Crippen LogP contribution is -2.26. The number of esters is 2. The third kappa shape index (κ3) is 3.80. The number of carbonyl (C=O) groups is 2. The maximum atomic E-state index is 12.7. The molecular formula is C21H20N4O5. The molecule has 3 rings (SSSR count). The SMILES string of the molecule is CCOC(=O)c1c(C)[nH]c(C(=O)OCc2nc3ccccc3c(=O)n2CC#N)c1C. The van der Waals surface area contributed by atoms with Crippen LogP contribution < -0.4 is 5.56 Å². The monoisotopic (exact) mass is 408 g/mol. The van der Waals surface area contributed by atoms with Crippen molar-refractivity contribution in [2.24, 2.45) is 0 Å². The lowest BCUT2D eigenvalue weighted by Gasteiger charge is -2.11. The summed E-state index contributed by atoms with van der Waals surface area (Å²) in [6, 6.07) is 8.65. The predicted molar refractivity (Wildman–Crippen MR) is 107 cm³/mol. The van der Waals surface area contributed by atoms with E-state index in [0.29, 0.717) is 22.2 Å². The number of rotatable bonds is 6. The summed E-state index contributed by atoms with van der Waals surface area (Å²) >= 11 is 0. The topological polar surface area (TPSA) is 127 Å². The molecule has 154 valence electrons. The number of H-pyrrole nitrogens is 1. The van der Waals surface area contributed by atoms with Crippen LogP contribution in [-0.2, 0) is 22.6 Å². The number of nitriles is 1. The van der Waals surface area contributed by atoms with Crippen LogP contribution in [0, 0.1) is 25.2 Å². The average Bonchev–Trinajstić information content (AvgIpc) is 3.03. The molecule has 3 aromatic rings. The van der Waals surface area contributed by atoms with Crippen molar-refractivity contribution < 1.29 is 19.1 Å². The molecule has 0 saturated carbocycles. The zero-order chi connectivity index (χ0) is 21.8. The first kappa shape index (κ1) is 20.8. The number of fused-ring (bicyclic) bond motifs is 1. The zero-order valence-electron chi connectivity index (χ0n) is 16.8. The second-order valence-corrected chi connectivity index (χ2v) is 6.52. The Labute approximate surface area is 171 Å². The van der Waals surface area contributed by atoms with Gasteiger partial charge in [-0.1, -0.05) is 12.1 Å². The molecule has 9 heteroatoms. The molecule has 0 fully saturated rings. The Kier molecular flexibility index (Phi) is 5.97. The molecule has 0 spiro atoms. The van der Waals surface area contributed by atoms with E-state index in [9.17, 15) is 14.4 Å². The van der Waals surface area contributed by atoms with Crippen LogP contribution in [0.2, 0.25) is 0 Å². The van der Waals surface area contributed by atoms with Gasteiger partial charge in [0.05, 0.1) is 29.1 Å². The van der Waals surface area contributed by atoms with Crippen molar-refractivity contribution >= 4 is 22.8 Å². The van der Waals surface area contributed by atoms with Crippen molar-refractivity contribution in [3.8, 4) is 6.07 Å². The van der Waals surface area contributed by atoms with E-state index in [2.05, 4.69) is 9.97 Å². The minimum absolute atomic E-state index is 0.116. The van der Waals surface area contributed by atoms with Crippen molar-refractivity contribution in [3.63, 3.8) is 0 Å². The molecule has 1 aromatic carbocycles. The summed E-state index contributed by atoms with van der Waals surface area (Å²) in [5, 5.41) is 9.44. The van der Waals surface area contributed by atoms with Crippen LogP contribution in [0.3, 0.4) is 0 Å². The second-order valence-electron chi connectivity index (χ2n) is 6.52. The number of nitrogens with one attached hydrogen (secondary N) is 1. The maximum absolute atomic E-state index is 12.7. The second kappa shape index (κ2) is 8.61. The summed E-state index contributed by atoms with van der Waals surface area (Å²) < 4.78 is 11.5. The predicted octanol–water partition coefficient (Wildman–Crippen LogP) is 2.40. The molecule has 0 atom stereocenters. The van der Waals surface area contributed by atoms with E-state index in [1.165, 1.54) is 4.57 Å². The van der Waals surface area contributed by atoms with Crippen LogP contribution in [0.15, 0.2) is 29.1 Å². The van der Waals surface area contributed by atoms with Crippen LogP contribution in [0.5, 0.6) is 0 Å². The molecule has 9 nitrogen and oxygen atoms in total. The zero-order valence-corrected chi connectivity index (χ0v) is 16.8. The normalized spacial score (nSPS) is 10.6. The average molecular weight is 408 g/mol. The summed E-state index contributed by atoms with van der Waals surface area (Å²) in [4.78, 5) is 44.6. The minimum atomic E-state index is -0.711. The standard InChI is InChI=1S/C21H20N4O5/c1-4-29-20(27)17-12(2)18(23-13(17)3)21(28)30-11-16-24-15-8-6-5-7-14(15)19(26)25(16)10-9-22/h5-8,23H,4,10-11H2,1-3H3. The van der Waals surface area contributed by atoms with Crippen molar-refractivity contribution in [1.82, 2.24) is 14.5 Å². The molecule has 0 radical (unpaired) electrons. The fourth-order valence-corrected chi connectivity index (χ4v) is 3.22. The van der Waals surface area contributed by atoms with Crippen molar-refractivity contribution in [2.45, 2.75) is 33.9 Å². The van der Waals surface area contributed by atoms with Gasteiger partial charge in [-0.15, -0.1) is 0 Å². The first-order valence-electron chi connectivity index (χ1n) is 9.27. The number of para-hydroxylation sites is 1. The number of aromatic nitrogens is 3. The molecule has 0 aliphatic carbocycles. The van der Waals surface area contributed by atoms with E-state index in [4.69, 9.17) is 14.7 Å². The van der Waals surface area contributed by atoms with Gasteiger partial charge in [0.1, 0.15) is 18.8 Å². The third-order valence-electron chi connectivity index (χ3n) is 4.62. The van der Waals surface area contributed by atoms with E-state index in [-0.39, 0.29) is 42.4 Å². The number of carbonyl (C=O) groups excluding carboxylic acids is 2. The Balaban J connectivity index is 1.90. The number of ether oxygens (including phenoxy) is 2. The van der Waals surface area contributed by atoms with Crippen LogP contribution in [-0.4, -0.2) is 33.1 Å². The Morgan fingerprint density at radius 2 is 1.93 bits per heavy atom. The van der Waals surface area contributed by atoms with Crippen LogP contribution >= 0.6 is 0 Å². The van der Waals surface area contributed by atoms with E-state index in [1.807, 2.05) is 6.07 Å². The summed E-state index contributed by atoms with van der Waals surface area (Å²) in [5.74, 6) is -1.08. The number of benzene rings is 1. The number of hydrogen-bond acceptors (Lipinski definition) is 7. The van der Waals surface area contributed by atoms with Crippen LogP contribution in [0.1, 0.15) is 44.9 Å². The van der Waals surface area contributed by atoms with E-state index in [0.717, 1.165) is 0 Å². The third-order valence-corrected chi connectivity index (χ3v) is 4.62. The quantitative estimate of drug-likeness (QED) is 0.620. The van der Waals surface area contributed by atoms with Gasteiger partial charge in [0.15, 0.2) is 5.82 Å². The maximum Gasteiger partial charge on any atom is 0.355 e. The number of nitrogens with zero attached hydrogens (tertiary/aromatic N) is 3. The minimum Gasteiger partial charge on any atom is -0.462 e. The fraction of sp³-hybridized carbons (Fsp3) is 0.286. The van der Waals surface area contributed by atoms with Crippen LogP contribution in [0.25, 0.3) is 10.9 Å². The first-order chi connectivity index (χ1) is 14.4. The Morgan fingerprint density at radius 3 is 2.63 bits per heavy atom. The highest BCUT2D eigenvalue weighted by atomic mass is 16.5. The first-order valence-corrected chi connectivity index (χ1v) is 9.27. The van der Waals surface area contributed by atoms with Crippen molar-refractivity contribution in [3.05, 3.63) is 63.0 Å². The summed E-state index contributed by atoms with van der Waals surface area (Å²) in [7, 11) is 0. The van der Waals surface area contributed by atoms with Gasteiger partial charge in [-0.3, -0.25) is 9.36 Å². The number of aromatic amines is 1. The van der Waals surface area contributed by atoms with Gasteiger partial charge in [-0.25, -0.2) is 14.6 Å². The lowest BCUT2D eigenvalue weighted by atomic mass is 10.1. The highest BCUT2D eigenvalue weighted by Gasteiger charge is 2.24. The largest absolute Gasteiger partial charge is 0.462 e. The highest BCUT2D eigenvalue weighted by molar-refractivity contribution is 5.98. The van der Waals surface area contributed by atoms with Gasteiger partial charge >= 0.3 is 11.9 Å². The van der Waals surface area contributed by atoms with E-state index >= 15 is 0 Å². The molecule has 1 N–H and O–H groups in total. The molecule has 2 aromatic heterocycles. The molecule has 0 saturated heterocycles. The Bertz CT molecular complexity index is 1230. The van der Waals surface area contributed by atoms with Gasteiger partial charge in [0.25, 0.3) is 5.56 Å². The van der Waals surface area contributed by atoms with Gasteiger partial charge in [0, 0.05) is 5.69 Å². The van der Waals surface area contributed by atoms with Crippen molar-refractivity contribution in [2.75, 3.05) is 6.61 Å². The summed E-state index contributed by atoms with van der Waals surface area (Å²) in [5.41, 5.74) is 1.36. The van der Waals surface area contributed by atoms with Gasteiger partial charge < -0.3 is 14.5 Å². The molecule has 30 heavy (non-hydrogen) atoms. The highest BCUT2D eigenvalue weighted by Crippen LogP contribution is 2.20. The number of hydrogen-bond donors (Lipinski definition) is 1. The number of aryl methyl sites for hydroxylation is 1. The fourth-order valence-electron chi connectivity index (χ4n) is 3.22. The molecule has 0 aliphatic rings. The van der Waals surface area contributed by atoms with E-state index in [1.54, 1.807) is 45.0 Å².